The lowest BCUT2D eigenvalue weighted by Crippen LogP contribution is -2.46. The third-order valence-corrected chi connectivity index (χ3v) is 5.42. The second kappa shape index (κ2) is 9.96. The third kappa shape index (κ3) is 4.95. The lowest BCUT2D eigenvalue weighted by atomic mass is 10.2. The summed E-state index contributed by atoms with van der Waals surface area (Å²) in [5.41, 5.74) is 2.64. The van der Waals surface area contributed by atoms with E-state index in [9.17, 15) is 4.79 Å². The summed E-state index contributed by atoms with van der Waals surface area (Å²) in [5.74, 6) is 0.780. The first-order valence-corrected chi connectivity index (χ1v) is 10.5. The minimum atomic E-state index is -0.224. The Kier molecular flexibility index (Phi) is 6.65. The van der Waals surface area contributed by atoms with Gasteiger partial charge in [0, 0.05) is 39.1 Å². The number of carbonyl (C=O) groups excluding carboxylic acids is 1. The fraction of sp³-hybridized carbons (Fsp3) is 0.348. The lowest BCUT2D eigenvalue weighted by Gasteiger charge is -2.35. The summed E-state index contributed by atoms with van der Waals surface area (Å²) >= 11 is 0. The van der Waals surface area contributed by atoms with Crippen LogP contribution in [0.3, 0.4) is 0 Å². The van der Waals surface area contributed by atoms with E-state index >= 15 is 0 Å². The number of aromatic nitrogens is 2. The Bertz CT molecular complexity index is 1050. The SMILES string of the molecule is N#CCCN1CCN(c2cccc3c2ncn3C(=O)NCCOc2ccccc2)CC1. The molecule has 1 saturated heterocycles. The molecule has 160 valence electrons. The summed E-state index contributed by atoms with van der Waals surface area (Å²) in [6, 6.07) is 17.4. The molecule has 0 radical (unpaired) electrons. The monoisotopic (exact) mass is 418 g/mol. The summed E-state index contributed by atoms with van der Waals surface area (Å²) in [4.78, 5) is 21.8. The van der Waals surface area contributed by atoms with Crippen LogP contribution in [0.15, 0.2) is 54.9 Å². The van der Waals surface area contributed by atoms with Crippen molar-refractivity contribution in [2.75, 3.05) is 50.8 Å². The predicted molar refractivity (Wildman–Crippen MR) is 119 cm³/mol. The number of hydrogen-bond acceptors (Lipinski definition) is 6. The van der Waals surface area contributed by atoms with Crippen molar-refractivity contribution >= 4 is 22.8 Å². The number of rotatable bonds is 7. The van der Waals surface area contributed by atoms with Crippen LogP contribution >= 0.6 is 0 Å². The molecule has 1 amide bonds. The van der Waals surface area contributed by atoms with Gasteiger partial charge in [0.2, 0.25) is 0 Å². The van der Waals surface area contributed by atoms with Crippen molar-refractivity contribution in [2.24, 2.45) is 0 Å². The van der Waals surface area contributed by atoms with Crippen LogP contribution in [0.4, 0.5) is 10.5 Å². The smallest absolute Gasteiger partial charge is 0.327 e. The van der Waals surface area contributed by atoms with Crippen molar-refractivity contribution in [3.8, 4) is 11.8 Å². The average molecular weight is 419 g/mol. The quantitative estimate of drug-likeness (QED) is 0.594. The van der Waals surface area contributed by atoms with Crippen molar-refractivity contribution < 1.29 is 9.53 Å². The number of piperazine rings is 1. The molecule has 1 aliphatic rings. The van der Waals surface area contributed by atoms with E-state index in [1.807, 2.05) is 42.5 Å². The Morgan fingerprint density at radius 2 is 1.90 bits per heavy atom. The second-order valence-electron chi connectivity index (χ2n) is 7.39. The number of benzene rings is 2. The summed E-state index contributed by atoms with van der Waals surface area (Å²) in [7, 11) is 0. The Hall–Kier alpha value is -3.57. The maximum absolute atomic E-state index is 12.7. The van der Waals surface area contributed by atoms with E-state index in [0.29, 0.717) is 19.6 Å². The Morgan fingerprint density at radius 3 is 2.68 bits per heavy atom. The van der Waals surface area contributed by atoms with Gasteiger partial charge in [-0.3, -0.25) is 9.47 Å². The van der Waals surface area contributed by atoms with E-state index in [0.717, 1.165) is 55.2 Å². The van der Waals surface area contributed by atoms with E-state index in [1.54, 1.807) is 10.9 Å². The molecule has 1 N–H and O–H groups in total. The highest BCUT2D eigenvalue weighted by molar-refractivity contribution is 5.95. The molecular weight excluding hydrogens is 392 g/mol. The van der Waals surface area contributed by atoms with Gasteiger partial charge in [-0.25, -0.2) is 9.78 Å². The van der Waals surface area contributed by atoms with Crippen LogP contribution in [-0.2, 0) is 0 Å². The van der Waals surface area contributed by atoms with Crippen LogP contribution < -0.4 is 15.0 Å². The van der Waals surface area contributed by atoms with Crippen LogP contribution in [0.1, 0.15) is 6.42 Å². The fourth-order valence-electron chi connectivity index (χ4n) is 3.79. The number of ether oxygens (including phenoxy) is 1. The summed E-state index contributed by atoms with van der Waals surface area (Å²) < 4.78 is 7.17. The number of imidazole rings is 1. The molecule has 8 heteroatoms. The number of anilines is 1. The van der Waals surface area contributed by atoms with E-state index < -0.39 is 0 Å². The third-order valence-electron chi connectivity index (χ3n) is 5.42. The molecule has 0 atom stereocenters. The summed E-state index contributed by atoms with van der Waals surface area (Å²) in [5, 5.41) is 11.7. The number of fused-ring (bicyclic) bond motifs is 1. The zero-order valence-electron chi connectivity index (χ0n) is 17.4. The van der Waals surface area contributed by atoms with E-state index in [-0.39, 0.29) is 6.03 Å². The number of nitriles is 1. The van der Waals surface area contributed by atoms with Gasteiger partial charge in [-0.1, -0.05) is 24.3 Å². The number of nitrogens with one attached hydrogen (secondary N) is 1. The van der Waals surface area contributed by atoms with Crippen molar-refractivity contribution in [3.63, 3.8) is 0 Å². The number of nitrogens with zero attached hydrogens (tertiary/aromatic N) is 5. The molecule has 1 fully saturated rings. The minimum absolute atomic E-state index is 0.224. The molecule has 0 bridgehead atoms. The zero-order chi connectivity index (χ0) is 21.5. The van der Waals surface area contributed by atoms with Crippen LogP contribution in [0, 0.1) is 11.3 Å². The highest BCUT2D eigenvalue weighted by Gasteiger charge is 2.20. The Labute approximate surface area is 181 Å². The first-order chi connectivity index (χ1) is 15.3. The van der Waals surface area contributed by atoms with Crippen molar-refractivity contribution in [2.45, 2.75) is 6.42 Å². The van der Waals surface area contributed by atoms with Gasteiger partial charge in [0.25, 0.3) is 0 Å². The largest absolute Gasteiger partial charge is 0.492 e. The molecule has 1 aromatic heterocycles. The van der Waals surface area contributed by atoms with Crippen LogP contribution in [0.2, 0.25) is 0 Å². The second-order valence-corrected chi connectivity index (χ2v) is 7.39. The van der Waals surface area contributed by atoms with Crippen LogP contribution in [-0.4, -0.2) is 66.4 Å². The first-order valence-electron chi connectivity index (χ1n) is 10.5. The molecule has 3 aromatic rings. The number of hydrogen-bond donors (Lipinski definition) is 1. The zero-order valence-corrected chi connectivity index (χ0v) is 17.4. The first kappa shape index (κ1) is 20.7. The predicted octanol–water partition coefficient (Wildman–Crippen LogP) is 2.71. The van der Waals surface area contributed by atoms with Crippen LogP contribution in [0.5, 0.6) is 5.75 Å². The molecule has 0 spiro atoms. The van der Waals surface area contributed by atoms with Crippen molar-refractivity contribution in [3.05, 3.63) is 54.9 Å². The van der Waals surface area contributed by atoms with E-state index in [2.05, 4.69) is 32.2 Å². The molecule has 8 nitrogen and oxygen atoms in total. The Balaban J connectivity index is 1.37. The minimum Gasteiger partial charge on any atom is -0.492 e. The molecule has 0 saturated carbocycles. The van der Waals surface area contributed by atoms with Crippen molar-refractivity contribution in [1.82, 2.24) is 19.8 Å². The average Bonchev–Trinajstić information content (AvgIpc) is 3.26. The Morgan fingerprint density at radius 1 is 1.10 bits per heavy atom. The van der Waals surface area contributed by atoms with Gasteiger partial charge in [-0.05, 0) is 24.3 Å². The van der Waals surface area contributed by atoms with Gasteiger partial charge in [0.05, 0.1) is 23.8 Å². The molecule has 2 heterocycles. The number of carbonyl (C=O) groups is 1. The van der Waals surface area contributed by atoms with Gasteiger partial charge in [0.1, 0.15) is 24.2 Å². The van der Waals surface area contributed by atoms with Gasteiger partial charge >= 0.3 is 6.03 Å². The molecule has 4 rings (SSSR count). The molecule has 0 unspecified atom stereocenters. The summed E-state index contributed by atoms with van der Waals surface area (Å²) in [6.45, 7) is 5.20. The van der Waals surface area contributed by atoms with Gasteiger partial charge in [0.15, 0.2) is 0 Å². The lowest BCUT2D eigenvalue weighted by molar-refractivity contribution is 0.238. The molecule has 31 heavy (non-hydrogen) atoms. The molecule has 0 aliphatic carbocycles. The molecular formula is C23H26N6O2. The topological polar surface area (TPSA) is 86.4 Å². The molecule has 2 aromatic carbocycles. The van der Waals surface area contributed by atoms with E-state index in [4.69, 9.17) is 10.00 Å². The van der Waals surface area contributed by atoms with Crippen LogP contribution in [0.25, 0.3) is 11.0 Å². The highest BCUT2D eigenvalue weighted by atomic mass is 16.5. The summed E-state index contributed by atoms with van der Waals surface area (Å²) in [6.07, 6.45) is 2.14. The standard InChI is InChI=1S/C23H26N6O2/c24-10-5-12-27-13-15-28(16-14-27)20-8-4-9-21-22(20)26-18-29(21)23(30)25-11-17-31-19-6-2-1-3-7-19/h1-4,6-9,18H,5,11-17H2,(H,25,30). The van der Waals surface area contributed by atoms with Gasteiger partial charge < -0.3 is 15.0 Å². The maximum Gasteiger partial charge on any atom is 0.327 e. The van der Waals surface area contributed by atoms with Gasteiger partial charge in [-0.15, -0.1) is 0 Å². The number of para-hydroxylation sites is 2. The van der Waals surface area contributed by atoms with Crippen molar-refractivity contribution in [1.29, 1.82) is 5.26 Å². The highest BCUT2D eigenvalue weighted by Crippen LogP contribution is 2.26. The number of amides is 1. The normalized spacial score (nSPS) is 14.4. The maximum atomic E-state index is 12.7. The van der Waals surface area contributed by atoms with Gasteiger partial charge in [-0.2, -0.15) is 5.26 Å². The molecule has 1 aliphatic heterocycles. The van der Waals surface area contributed by atoms with E-state index in [1.165, 1.54) is 0 Å². The fourth-order valence-corrected chi connectivity index (χ4v) is 3.79.